The van der Waals surface area contributed by atoms with Crippen LogP contribution in [0.5, 0.6) is 0 Å². The van der Waals surface area contributed by atoms with Gasteiger partial charge in [-0.1, -0.05) is 6.92 Å². The fraction of sp³-hybridized carbons (Fsp3) is 0.818. The topological polar surface area (TPSA) is 42.7 Å². The fourth-order valence-electron chi connectivity index (χ4n) is 2.20. The molecule has 2 heterocycles. The average Bonchev–Trinajstić information content (AvgIpc) is 2.89. The van der Waals surface area contributed by atoms with E-state index in [2.05, 4.69) is 34.1 Å². The van der Waals surface area contributed by atoms with Crippen LogP contribution < -0.4 is 5.32 Å². The molecule has 2 atom stereocenters. The summed E-state index contributed by atoms with van der Waals surface area (Å²) in [5.41, 5.74) is 0. The number of thioether (sulfide) groups is 1. The Balaban J connectivity index is 1.99. The Bertz CT molecular complexity index is 326. The highest BCUT2D eigenvalue weighted by Crippen LogP contribution is 2.26. The number of hydrogen-bond donors (Lipinski definition) is 1. The molecule has 0 saturated carbocycles. The highest BCUT2D eigenvalue weighted by atomic mass is 32.2. The van der Waals surface area contributed by atoms with Crippen molar-refractivity contribution in [3.05, 3.63) is 12.2 Å². The van der Waals surface area contributed by atoms with E-state index in [4.69, 9.17) is 0 Å². The van der Waals surface area contributed by atoms with Crippen LogP contribution in [0.15, 0.2) is 6.33 Å². The van der Waals surface area contributed by atoms with Gasteiger partial charge in [-0.25, -0.2) is 4.98 Å². The van der Waals surface area contributed by atoms with Crippen LogP contribution in [0.25, 0.3) is 0 Å². The molecule has 5 heteroatoms. The van der Waals surface area contributed by atoms with Crippen LogP contribution in [0.2, 0.25) is 0 Å². The van der Waals surface area contributed by atoms with Gasteiger partial charge in [0.05, 0.1) is 0 Å². The second-order valence-corrected chi connectivity index (χ2v) is 5.37. The monoisotopic (exact) mass is 240 g/mol. The van der Waals surface area contributed by atoms with E-state index < -0.39 is 0 Å². The molecule has 0 spiro atoms. The quantitative estimate of drug-likeness (QED) is 0.839. The number of nitrogens with zero attached hydrogens (tertiary/aromatic N) is 3. The molecule has 0 radical (unpaired) electrons. The molecule has 1 aliphatic rings. The highest BCUT2D eigenvalue weighted by Gasteiger charge is 2.27. The molecule has 16 heavy (non-hydrogen) atoms. The normalized spacial score (nSPS) is 25.1. The molecule has 1 aromatic heterocycles. The van der Waals surface area contributed by atoms with E-state index >= 15 is 0 Å². The molecule has 90 valence electrons. The number of aromatic nitrogens is 3. The third kappa shape index (κ3) is 2.58. The van der Waals surface area contributed by atoms with E-state index in [-0.39, 0.29) is 0 Å². The minimum atomic E-state index is 0.636. The molecule has 2 unspecified atom stereocenters. The van der Waals surface area contributed by atoms with Crippen LogP contribution in [0, 0.1) is 5.92 Å². The maximum atomic E-state index is 4.38. The summed E-state index contributed by atoms with van der Waals surface area (Å²) in [6.45, 7) is 3.16. The van der Waals surface area contributed by atoms with Gasteiger partial charge in [0.15, 0.2) is 0 Å². The highest BCUT2D eigenvalue weighted by molar-refractivity contribution is 7.99. The van der Waals surface area contributed by atoms with Gasteiger partial charge in [0.1, 0.15) is 12.2 Å². The molecule has 1 saturated heterocycles. The van der Waals surface area contributed by atoms with E-state index in [0.717, 1.165) is 25.2 Å². The summed E-state index contributed by atoms with van der Waals surface area (Å²) in [6, 6.07) is 0.636. The Morgan fingerprint density at radius 1 is 1.56 bits per heavy atom. The fourth-order valence-corrected chi connectivity index (χ4v) is 3.68. The number of aryl methyl sites for hydroxylation is 1. The molecule has 1 fully saturated rings. The second kappa shape index (κ2) is 5.68. The van der Waals surface area contributed by atoms with Crippen LogP contribution in [0.1, 0.15) is 19.2 Å². The third-order valence-electron chi connectivity index (χ3n) is 3.15. The van der Waals surface area contributed by atoms with Crippen molar-refractivity contribution >= 4 is 11.8 Å². The molecular formula is C11H20N4S. The Morgan fingerprint density at radius 2 is 2.44 bits per heavy atom. The van der Waals surface area contributed by atoms with Gasteiger partial charge in [0.2, 0.25) is 0 Å². The third-order valence-corrected chi connectivity index (χ3v) is 4.40. The van der Waals surface area contributed by atoms with Crippen molar-refractivity contribution < 1.29 is 0 Å². The van der Waals surface area contributed by atoms with Crippen molar-refractivity contribution in [2.45, 2.75) is 32.4 Å². The van der Waals surface area contributed by atoms with Gasteiger partial charge in [-0.15, -0.1) is 0 Å². The number of nitrogens with one attached hydrogen (secondary N) is 1. The summed E-state index contributed by atoms with van der Waals surface area (Å²) in [5, 5.41) is 7.68. The van der Waals surface area contributed by atoms with Crippen molar-refractivity contribution in [3.8, 4) is 0 Å². The Kier molecular flexibility index (Phi) is 4.23. The maximum absolute atomic E-state index is 4.38. The first kappa shape index (κ1) is 11.9. The zero-order valence-electron chi connectivity index (χ0n) is 10.0. The molecule has 1 aromatic rings. The minimum Gasteiger partial charge on any atom is -0.316 e. The summed E-state index contributed by atoms with van der Waals surface area (Å²) in [4.78, 5) is 4.38. The lowest BCUT2D eigenvalue weighted by atomic mass is 9.99. The van der Waals surface area contributed by atoms with Gasteiger partial charge in [0.25, 0.3) is 0 Å². The number of hydrogen-bond acceptors (Lipinski definition) is 4. The largest absolute Gasteiger partial charge is 0.316 e. The average molecular weight is 240 g/mol. The lowest BCUT2D eigenvalue weighted by Gasteiger charge is -2.17. The lowest BCUT2D eigenvalue weighted by Crippen LogP contribution is -2.34. The first-order valence-electron chi connectivity index (χ1n) is 5.96. The van der Waals surface area contributed by atoms with Crippen molar-refractivity contribution in [3.63, 3.8) is 0 Å². The van der Waals surface area contributed by atoms with Crippen LogP contribution in [-0.4, -0.2) is 39.4 Å². The molecule has 1 aliphatic heterocycles. The van der Waals surface area contributed by atoms with Gasteiger partial charge < -0.3 is 5.32 Å². The van der Waals surface area contributed by atoms with Gasteiger partial charge in [-0.2, -0.15) is 16.9 Å². The SMILES string of the molecule is CCCn1ncnc1CC1CSCC1NC. The maximum Gasteiger partial charge on any atom is 0.138 e. The first-order valence-corrected chi connectivity index (χ1v) is 7.12. The van der Waals surface area contributed by atoms with E-state index in [1.54, 1.807) is 6.33 Å². The van der Waals surface area contributed by atoms with Gasteiger partial charge in [0, 0.05) is 24.8 Å². The van der Waals surface area contributed by atoms with Crippen LogP contribution >= 0.6 is 11.8 Å². The Labute approximate surface area is 101 Å². The summed E-state index contributed by atoms with van der Waals surface area (Å²) in [7, 11) is 2.06. The zero-order chi connectivity index (χ0) is 11.4. The molecule has 4 nitrogen and oxygen atoms in total. The van der Waals surface area contributed by atoms with Crippen LogP contribution in [0.3, 0.4) is 0 Å². The minimum absolute atomic E-state index is 0.636. The zero-order valence-corrected chi connectivity index (χ0v) is 10.8. The van der Waals surface area contributed by atoms with E-state index in [0.29, 0.717) is 12.0 Å². The van der Waals surface area contributed by atoms with Crippen LogP contribution in [0.4, 0.5) is 0 Å². The van der Waals surface area contributed by atoms with E-state index in [9.17, 15) is 0 Å². The van der Waals surface area contributed by atoms with Gasteiger partial charge in [-0.3, -0.25) is 4.68 Å². The second-order valence-electron chi connectivity index (χ2n) is 4.30. The number of rotatable bonds is 5. The van der Waals surface area contributed by atoms with Crippen molar-refractivity contribution in [2.75, 3.05) is 18.6 Å². The Hall–Kier alpha value is -0.550. The van der Waals surface area contributed by atoms with E-state index in [1.807, 2.05) is 11.8 Å². The molecule has 0 bridgehead atoms. The van der Waals surface area contributed by atoms with Gasteiger partial charge >= 0.3 is 0 Å². The van der Waals surface area contributed by atoms with Crippen molar-refractivity contribution in [2.24, 2.45) is 5.92 Å². The van der Waals surface area contributed by atoms with Crippen LogP contribution in [-0.2, 0) is 13.0 Å². The molecule has 0 aliphatic carbocycles. The first-order chi connectivity index (χ1) is 7.85. The predicted octanol–water partition coefficient (Wildman–Crippen LogP) is 1.18. The molecule has 0 aromatic carbocycles. The standard InChI is InChI=1S/C11H20N4S/c1-3-4-15-11(13-8-14-15)5-9-6-16-7-10(9)12-2/h8-10,12H,3-7H2,1-2H3. The molecule has 2 rings (SSSR count). The summed E-state index contributed by atoms with van der Waals surface area (Å²) < 4.78 is 2.05. The van der Waals surface area contributed by atoms with Crippen molar-refractivity contribution in [1.29, 1.82) is 0 Å². The molecule has 0 amide bonds. The summed E-state index contributed by atoms with van der Waals surface area (Å²) in [6.07, 6.45) is 3.85. The van der Waals surface area contributed by atoms with Gasteiger partial charge in [-0.05, 0) is 25.1 Å². The predicted molar refractivity (Wildman–Crippen MR) is 67.7 cm³/mol. The lowest BCUT2D eigenvalue weighted by molar-refractivity contribution is 0.430. The van der Waals surface area contributed by atoms with Crippen molar-refractivity contribution in [1.82, 2.24) is 20.1 Å². The summed E-state index contributed by atoms with van der Waals surface area (Å²) in [5.74, 6) is 4.32. The molecular weight excluding hydrogens is 220 g/mol. The molecule has 1 N–H and O–H groups in total. The Morgan fingerprint density at radius 3 is 3.19 bits per heavy atom. The summed E-state index contributed by atoms with van der Waals surface area (Å²) >= 11 is 2.04. The smallest absolute Gasteiger partial charge is 0.138 e. The van der Waals surface area contributed by atoms with E-state index in [1.165, 1.54) is 11.5 Å².